The minimum atomic E-state index is -1.06. The lowest BCUT2D eigenvalue weighted by molar-refractivity contribution is -0.120. The Morgan fingerprint density at radius 2 is 1.76 bits per heavy atom. The van der Waals surface area contributed by atoms with E-state index in [4.69, 9.17) is 19.9 Å². The molecule has 270 valence electrons. The average Bonchev–Trinajstić information content (AvgIpc) is 3.07. The summed E-state index contributed by atoms with van der Waals surface area (Å²) in [5.74, 6) is -3.40. The van der Waals surface area contributed by atoms with Crippen LogP contribution in [0.4, 0.5) is 14.0 Å². The first-order valence-electron chi connectivity index (χ1n) is 16.0. The Bertz CT molecular complexity index is 1610. The van der Waals surface area contributed by atoms with Crippen LogP contribution >= 0.6 is 0 Å². The molecule has 1 aromatic rings. The number of urea groups is 1. The lowest BCUT2D eigenvalue weighted by atomic mass is 9.85. The van der Waals surface area contributed by atoms with Gasteiger partial charge in [-0.25, -0.2) is 14.0 Å². The highest BCUT2D eigenvalue weighted by Crippen LogP contribution is 2.29. The summed E-state index contributed by atoms with van der Waals surface area (Å²) in [6, 6.07) is 4.70. The number of aliphatic hydroxyl groups excluding tert-OH is 1. The number of fused-ring (bicyclic) bond motifs is 2. The minimum absolute atomic E-state index is 0.0184. The van der Waals surface area contributed by atoms with Gasteiger partial charge < -0.3 is 41.0 Å². The monoisotopic (exact) mass is 696 g/mol. The smallest absolute Gasteiger partial charge is 0.405 e. The van der Waals surface area contributed by atoms with Crippen LogP contribution in [0, 0.1) is 17.7 Å². The van der Waals surface area contributed by atoms with Crippen LogP contribution in [0.1, 0.15) is 46.1 Å². The molecule has 0 radical (unpaired) electrons. The number of primary amides is 1. The number of Topliss-reactive ketones (excluding diaryl/α,β-unsaturated/α-hetero) is 1. The van der Waals surface area contributed by atoms with Crippen LogP contribution in [0.25, 0.3) is 0 Å². The summed E-state index contributed by atoms with van der Waals surface area (Å²) < 4.78 is 29.9. The third kappa shape index (κ3) is 10.8. The molecule has 1 aliphatic heterocycles. The number of allylic oxidation sites excluding steroid dienone is 4. The Balaban J connectivity index is 2.02. The molecule has 50 heavy (non-hydrogen) atoms. The summed E-state index contributed by atoms with van der Waals surface area (Å²) in [6.45, 7) is 6.76. The predicted octanol–water partition coefficient (Wildman–Crippen LogP) is 3.40. The van der Waals surface area contributed by atoms with Crippen molar-refractivity contribution in [1.29, 1.82) is 0 Å². The molecule has 4 amide bonds. The minimum Gasteiger partial charge on any atom is -0.439 e. The maximum Gasteiger partial charge on any atom is 0.405 e. The molecule has 1 heterocycles. The highest BCUT2D eigenvalue weighted by molar-refractivity contribution is 6.24. The number of ketones is 2. The van der Waals surface area contributed by atoms with E-state index < -0.39 is 65.7 Å². The van der Waals surface area contributed by atoms with Crippen molar-refractivity contribution in [2.24, 2.45) is 17.6 Å². The lowest BCUT2D eigenvalue weighted by Gasteiger charge is -2.30. The van der Waals surface area contributed by atoms with Gasteiger partial charge in [-0.05, 0) is 55.9 Å². The number of halogens is 1. The van der Waals surface area contributed by atoms with Crippen LogP contribution in [-0.4, -0.2) is 73.3 Å². The van der Waals surface area contributed by atoms with Crippen LogP contribution in [-0.2, 0) is 35.1 Å². The van der Waals surface area contributed by atoms with Gasteiger partial charge in [-0.2, -0.15) is 0 Å². The van der Waals surface area contributed by atoms with Crippen LogP contribution in [0.5, 0.6) is 0 Å². The van der Waals surface area contributed by atoms with Crippen LogP contribution in [0.2, 0.25) is 0 Å². The molecule has 0 saturated carbocycles. The molecule has 13 nitrogen and oxygen atoms in total. The van der Waals surface area contributed by atoms with E-state index in [0.29, 0.717) is 11.1 Å². The number of rotatable bonds is 6. The second-order valence-corrected chi connectivity index (χ2v) is 12.4. The zero-order valence-corrected chi connectivity index (χ0v) is 29.0. The fourth-order valence-corrected chi connectivity index (χ4v) is 5.66. The number of amides is 4. The quantitative estimate of drug-likeness (QED) is 0.219. The molecular weight excluding hydrogens is 651 g/mol. The van der Waals surface area contributed by atoms with Crippen molar-refractivity contribution in [2.45, 2.75) is 71.5 Å². The first-order valence-corrected chi connectivity index (χ1v) is 16.0. The molecule has 6 atom stereocenters. The number of ether oxygens (including phenoxy) is 3. The highest BCUT2D eigenvalue weighted by atomic mass is 19.1. The van der Waals surface area contributed by atoms with E-state index in [1.54, 1.807) is 32.9 Å². The second-order valence-electron chi connectivity index (χ2n) is 12.4. The molecule has 0 unspecified atom stereocenters. The summed E-state index contributed by atoms with van der Waals surface area (Å²) in [7, 11) is 2.84. The van der Waals surface area contributed by atoms with Crippen LogP contribution in [0.15, 0.2) is 82.8 Å². The van der Waals surface area contributed by atoms with E-state index in [9.17, 15) is 33.5 Å². The maximum atomic E-state index is 13.8. The average molecular weight is 697 g/mol. The fourth-order valence-electron chi connectivity index (χ4n) is 5.66. The van der Waals surface area contributed by atoms with Gasteiger partial charge in [-0.15, -0.1) is 0 Å². The van der Waals surface area contributed by atoms with E-state index in [0.717, 1.165) is 6.08 Å². The number of aliphatic hydroxyl groups is 1. The Morgan fingerprint density at radius 1 is 1.08 bits per heavy atom. The number of nitrogens with one attached hydrogen (secondary N) is 3. The van der Waals surface area contributed by atoms with Gasteiger partial charge in [-0.3, -0.25) is 14.4 Å². The molecule has 1 aliphatic carbocycles. The third-order valence-electron chi connectivity index (χ3n) is 8.40. The number of carbonyl (C=O) groups is 5. The normalized spacial score (nSPS) is 28.3. The van der Waals surface area contributed by atoms with Gasteiger partial charge in [0.05, 0.1) is 23.6 Å². The topological polar surface area (TPSA) is 195 Å². The van der Waals surface area contributed by atoms with Crippen molar-refractivity contribution in [1.82, 2.24) is 16.0 Å². The maximum absolute atomic E-state index is 13.8. The summed E-state index contributed by atoms with van der Waals surface area (Å²) in [5, 5.41) is 18.9. The molecule has 2 aliphatic rings. The molecule has 0 aromatic heterocycles. The van der Waals surface area contributed by atoms with Crippen molar-refractivity contribution in [2.75, 3.05) is 14.2 Å². The van der Waals surface area contributed by atoms with E-state index in [2.05, 4.69) is 16.0 Å². The lowest BCUT2D eigenvalue weighted by Crippen LogP contribution is -2.41. The van der Waals surface area contributed by atoms with Crippen LogP contribution < -0.4 is 21.7 Å². The Kier molecular flexibility index (Phi) is 14.4. The zero-order valence-electron chi connectivity index (χ0n) is 29.0. The highest BCUT2D eigenvalue weighted by Gasteiger charge is 2.34. The summed E-state index contributed by atoms with van der Waals surface area (Å²) in [6.07, 6.45) is 2.72. The van der Waals surface area contributed by atoms with E-state index in [-0.39, 0.29) is 47.8 Å². The van der Waals surface area contributed by atoms with E-state index >= 15 is 0 Å². The van der Waals surface area contributed by atoms with Crippen molar-refractivity contribution in [3.63, 3.8) is 0 Å². The first kappa shape index (κ1) is 39.5. The molecular formula is C36H45FN4O9. The Hall–Kier alpha value is -4.92. The molecule has 0 spiro atoms. The van der Waals surface area contributed by atoms with Crippen molar-refractivity contribution in [3.8, 4) is 0 Å². The van der Waals surface area contributed by atoms with Crippen LogP contribution in [0.3, 0.4) is 0 Å². The third-order valence-corrected chi connectivity index (χ3v) is 8.40. The van der Waals surface area contributed by atoms with Gasteiger partial charge in [-0.1, -0.05) is 50.3 Å². The summed E-state index contributed by atoms with van der Waals surface area (Å²) in [5.41, 5.74) is 6.07. The van der Waals surface area contributed by atoms with Gasteiger partial charge >= 0.3 is 12.1 Å². The Morgan fingerprint density at radius 3 is 2.38 bits per heavy atom. The van der Waals surface area contributed by atoms with Gasteiger partial charge in [0.25, 0.3) is 5.91 Å². The molecule has 3 rings (SSSR count). The fraction of sp³-hybridized carbons (Fsp3) is 0.417. The molecule has 0 saturated heterocycles. The molecule has 1 aromatic carbocycles. The zero-order chi connectivity index (χ0) is 37.1. The summed E-state index contributed by atoms with van der Waals surface area (Å²) >= 11 is 0. The number of carbonyl (C=O) groups excluding carboxylic acids is 5. The predicted molar refractivity (Wildman–Crippen MR) is 181 cm³/mol. The molecule has 0 fully saturated rings. The number of nitrogens with two attached hydrogens (primary N) is 1. The second kappa shape index (κ2) is 18.2. The van der Waals surface area contributed by atoms with Gasteiger partial charge in [0.1, 0.15) is 11.9 Å². The van der Waals surface area contributed by atoms with Gasteiger partial charge in [0.15, 0.2) is 6.10 Å². The SMILES string of the molecule is CO[C@H]1/C=C\C=C(/C)C(=O)NC2=CC(=O)C(NC(=O)NCc3ccc(F)cc3)=C(C[C@@H](C)C[C@H](OC)[C@H](O)[C@@H](C)/C=C(\C)[C@@H]1OC(N)=O)C2=O. The van der Waals surface area contributed by atoms with E-state index in [1.165, 1.54) is 57.6 Å². The number of benzene rings is 1. The largest absolute Gasteiger partial charge is 0.439 e. The number of hydrogen-bond acceptors (Lipinski definition) is 9. The standard InChI is InChI=1S/C36H45FN4O9/c1-19-14-25-30(41-36(47)39-18-23-10-12-24(37)13-11-23)27(42)17-26(32(25)44)40-34(45)20(2)8-7-9-28(48-5)33(50-35(38)46)22(4)16-21(3)31(43)29(15-19)49-6/h7-13,16-17,19,21,28-29,31,33,43H,14-15,18H2,1-6H3,(H2,38,46)(H,40,45)(H2,39,41,47)/b9-7-,20-8+,22-16+/t19-,21+,28+,29+,31-,33+/m1/s1. The molecule has 6 N–H and O–H groups in total. The van der Waals surface area contributed by atoms with Crippen molar-refractivity contribution in [3.05, 3.63) is 94.1 Å². The van der Waals surface area contributed by atoms with Gasteiger partial charge in [0.2, 0.25) is 11.6 Å². The first-order chi connectivity index (χ1) is 23.6. The molecule has 2 bridgehead atoms. The van der Waals surface area contributed by atoms with E-state index in [1.807, 2.05) is 0 Å². The van der Waals surface area contributed by atoms with Crippen molar-refractivity contribution >= 4 is 29.6 Å². The van der Waals surface area contributed by atoms with Crippen molar-refractivity contribution < 1.29 is 47.7 Å². The number of methoxy groups -OCH3 is 2. The van der Waals surface area contributed by atoms with Gasteiger partial charge in [0, 0.05) is 43.9 Å². The number of hydrogen-bond donors (Lipinski definition) is 5. The Labute approximate surface area is 290 Å². The summed E-state index contributed by atoms with van der Waals surface area (Å²) in [4.78, 5) is 65.1. The molecule has 14 heteroatoms.